The van der Waals surface area contributed by atoms with Gasteiger partial charge in [0, 0.05) is 34.1 Å². The van der Waals surface area contributed by atoms with Crippen LogP contribution in [-0.4, -0.2) is 0 Å². The molecule has 0 aliphatic rings. The first-order valence-corrected chi connectivity index (χ1v) is 24.4. The van der Waals surface area contributed by atoms with Crippen molar-refractivity contribution in [3.05, 3.63) is 253 Å². The van der Waals surface area contributed by atoms with Gasteiger partial charge in [-0.05, 0) is 193 Å². The van der Waals surface area contributed by atoms with Crippen LogP contribution in [-0.2, 0) is 0 Å². The molecule has 2 nitrogen and oxygen atoms in total. The second-order valence-corrected chi connectivity index (χ2v) is 19.2. The molecular weight excluding hydrogens is 845 g/mol. The Hall–Kier alpha value is -8.72. The van der Waals surface area contributed by atoms with Gasteiger partial charge in [-0.1, -0.05) is 174 Å². The third kappa shape index (κ3) is 6.86. The van der Waals surface area contributed by atoms with Gasteiger partial charge in [-0.3, -0.25) is 0 Å². The van der Waals surface area contributed by atoms with Gasteiger partial charge in [0.1, 0.15) is 0 Å². The molecule has 0 radical (unpaired) electrons. The average Bonchev–Trinajstić information content (AvgIpc) is 3.40. The fourth-order valence-electron chi connectivity index (χ4n) is 11.1. The van der Waals surface area contributed by atoms with Crippen LogP contribution in [0.2, 0.25) is 0 Å². The topological polar surface area (TPSA) is 6.48 Å². The summed E-state index contributed by atoms with van der Waals surface area (Å²) in [6.45, 7) is 8.62. The number of benzene rings is 12. The molecule has 0 aliphatic carbocycles. The highest BCUT2D eigenvalue weighted by atomic mass is 15.1. The van der Waals surface area contributed by atoms with Crippen LogP contribution in [0, 0.1) is 27.7 Å². The smallest absolute Gasteiger partial charge is 0.0468 e. The Morgan fingerprint density at radius 3 is 1.00 bits per heavy atom. The number of aryl methyl sites for hydroxylation is 4. The number of nitrogens with zero attached hydrogens (tertiary/aromatic N) is 2. The molecule has 0 atom stereocenters. The number of hydrogen-bond acceptors (Lipinski definition) is 2. The molecule has 0 N–H and O–H groups in total. The lowest BCUT2D eigenvalue weighted by molar-refractivity contribution is 1.27. The monoisotopic (exact) mass is 894 g/mol. The Balaban J connectivity index is 1.24. The van der Waals surface area contributed by atoms with Crippen molar-refractivity contribution in [2.75, 3.05) is 9.80 Å². The van der Waals surface area contributed by atoms with Gasteiger partial charge in [0.25, 0.3) is 0 Å². The maximum Gasteiger partial charge on any atom is 0.0468 e. The largest absolute Gasteiger partial charge is 0.310 e. The standard InChI is InChI=1S/C68H50N2/c1-43-16-27-50(28-17-43)69(51-29-18-44(2)19-30-51)54-35-38-59-56-12-5-6-13-57(56)60-39-36-55(70(52-31-20-45(3)21-32-52)53-33-22-46(4)23-34-53)42-64(60)65-40-49-25-24-47-10-9-11-48-26-37-62(67(49)66(47)48)68(65)61-15-8-7-14-58(61)63(59)41-54/h5-42H,1-4H3. The maximum absolute atomic E-state index is 2.49. The van der Waals surface area contributed by atoms with Gasteiger partial charge in [-0.15, -0.1) is 0 Å². The van der Waals surface area contributed by atoms with Crippen LogP contribution in [0.15, 0.2) is 231 Å². The number of hydrogen-bond donors (Lipinski definition) is 0. The molecule has 0 heterocycles. The zero-order chi connectivity index (χ0) is 47.0. The first-order valence-electron chi connectivity index (χ1n) is 24.4. The number of anilines is 6. The summed E-state index contributed by atoms with van der Waals surface area (Å²) in [5, 5.41) is 19.6. The molecule has 2 heteroatoms. The molecule has 0 fully saturated rings. The third-order valence-electron chi connectivity index (χ3n) is 14.6. The number of fused-ring (bicyclic) bond motifs is 11. The highest BCUT2D eigenvalue weighted by molar-refractivity contribution is 6.37. The van der Waals surface area contributed by atoms with Crippen LogP contribution in [0.1, 0.15) is 22.3 Å². The molecule has 0 saturated heterocycles. The Morgan fingerprint density at radius 2 is 0.543 bits per heavy atom. The molecule has 0 spiro atoms. The zero-order valence-electron chi connectivity index (χ0n) is 39.8. The lowest BCUT2D eigenvalue weighted by Gasteiger charge is -2.26. The second-order valence-electron chi connectivity index (χ2n) is 19.2. The molecule has 0 aromatic heterocycles. The quantitative estimate of drug-likeness (QED) is 0.153. The van der Waals surface area contributed by atoms with Crippen molar-refractivity contribution in [1.29, 1.82) is 0 Å². The summed E-state index contributed by atoms with van der Waals surface area (Å²) in [6.07, 6.45) is 0. The van der Waals surface area contributed by atoms with Crippen molar-refractivity contribution in [2.45, 2.75) is 27.7 Å². The normalized spacial score (nSPS) is 11.7. The van der Waals surface area contributed by atoms with Crippen LogP contribution < -0.4 is 9.80 Å². The number of rotatable bonds is 6. The van der Waals surface area contributed by atoms with Crippen molar-refractivity contribution >= 4 is 120 Å². The van der Waals surface area contributed by atoms with E-state index in [1.54, 1.807) is 0 Å². The van der Waals surface area contributed by atoms with Gasteiger partial charge in [0.05, 0.1) is 0 Å². The van der Waals surface area contributed by atoms with E-state index in [0.29, 0.717) is 0 Å². The van der Waals surface area contributed by atoms with Gasteiger partial charge in [-0.25, -0.2) is 0 Å². The van der Waals surface area contributed by atoms with Crippen LogP contribution in [0.25, 0.3) is 86.2 Å². The highest BCUT2D eigenvalue weighted by Crippen LogP contribution is 2.46. The molecule has 0 aliphatic heterocycles. The van der Waals surface area contributed by atoms with E-state index in [2.05, 4.69) is 268 Å². The summed E-state index contributed by atoms with van der Waals surface area (Å²) >= 11 is 0. The van der Waals surface area contributed by atoms with E-state index >= 15 is 0 Å². The highest BCUT2D eigenvalue weighted by Gasteiger charge is 2.20. The van der Waals surface area contributed by atoms with Crippen molar-refractivity contribution < 1.29 is 0 Å². The SMILES string of the molecule is Cc1ccc(N(c2ccc(C)cc2)c2ccc3c4ccccc4c4ccc(N(c5ccc(C)cc5)c5ccc(C)cc5)cc4c4cc5ccc6cccc7ccc(c4c4ccccc4c3c2)c5c67)cc1. The van der Waals surface area contributed by atoms with Gasteiger partial charge in [0.2, 0.25) is 0 Å². The summed E-state index contributed by atoms with van der Waals surface area (Å²) in [5.74, 6) is 0. The minimum absolute atomic E-state index is 1.10. The predicted molar refractivity (Wildman–Crippen MR) is 304 cm³/mol. The van der Waals surface area contributed by atoms with Crippen LogP contribution in [0.4, 0.5) is 34.1 Å². The molecule has 13 aromatic carbocycles. The summed E-state index contributed by atoms with van der Waals surface area (Å²) in [4.78, 5) is 4.81. The zero-order valence-corrected chi connectivity index (χ0v) is 39.8. The Kier molecular flexibility index (Phi) is 9.78. The first-order chi connectivity index (χ1) is 34.3. The molecule has 0 unspecified atom stereocenters. The van der Waals surface area contributed by atoms with Gasteiger partial charge < -0.3 is 9.80 Å². The van der Waals surface area contributed by atoms with Crippen molar-refractivity contribution in [2.24, 2.45) is 0 Å². The fourth-order valence-corrected chi connectivity index (χ4v) is 11.1. The van der Waals surface area contributed by atoms with E-state index in [9.17, 15) is 0 Å². The van der Waals surface area contributed by atoms with Crippen molar-refractivity contribution in [3.8, 4) is 0 Å². The summed E-state index contributed by atoms with van der Waals surface area (Å²) in [7, 11) is 0. The Morgan fingerprint density at radius 1 is 0.200 bits per heavy atom. The maximum atomic E-state index is 2.49. The Bertz CT molecular complexity index is 4140. The summed E-state index contributed by atoms with van der Waals surface area (Å²) in [6, 6.07) is 86.7. The van der Waals surface area contributed by atoms with E-state index in [0.717, 1.165) is 34.1 Å². The van der Waals surface area contributed by atoms with E-state index < -0.39 is 0 Å². The van der Waals surface area contributed by atoms with Crippen LogP contribution >= 0.6 is 0 Å². The van der Waals surface area contributed by atoms with Crippen LogP contribution in [0.3, 0.4) is 0 Å². The first kappa shape index (κ1) is 41.5. The third-order valence-corrected chi connectivity index (χ3v) is 14.6. The molecule has 0 saturated carbocycles. The van der Waals surface area contributed by atoms with Gasteiger partial charge >= 0.3 is 0 Å². The Labute approximate surface area is 408 Å². The van der Waals surface area contributed by atoms with E-state index in [4.69, 9.17) is 0 Å². The fraction of sp³-hybridized carbons (Fsp3) is 0.0588. The molecule has 332 valence electrons. The molecule has 0 bridgehead atoms. The van der Waals surface area contributed by atoms with Gasteiger partial charge in [-0.2, -0.15) is 0 Å². The molecule has 70 heavy (non-hydrogen) atoms. The van der Waals surface area contributed by atoms with Crippen LogP contribution in [0.5, 0.6) is 0 Å². The minimum atomic E-state index is 1.10. The van der Waals surface area contributed by atoms with E-state index in [-0.39, 0.29) is 0 Å². The predicted octanol–water partition coefficient (Wildman–Crippen LogP) is 19.6. The van der Waals surface area contributed by atoms with Crippen molar-refractivity contribution in [1.82, 2.24) is 0 Å². The van der Waals surface area contributed by atoms with E-state index in [1.165, 1.54) is 108 Å². The second kappa shape index (κ2) is 16.5. The molecule has 13 aromatic rings. The van der Waals surface area contributed by atoms with E-state index in [1.807, 2.05) is 0 Å². The van der Waals surface area contributed by atoms with Gasteiger partial charge in [0.15, 0.2) is 0 Å². The minimum Gasteiger partial charge on any atom is -0.310 e. The summed E-state index contributed by atoms with van der Waals surface area (Å²) in [5.41, 5.74) is 11.6. The molecular formula is C68H50N2. The summed E-state index contributed by atoms with van der Waals surface area (Å²) < 4.78 is 0. The van der Waals surface area contributed by atoms with Crippen molar-refractivity contribution in [3.63, 3.8) is 0 Å². The lowest BCUT2D eigenvalue weighted by atomic mass is 9.87. The lowest BCUT2D eigenvalue weighted by Crippen LogP contribution is -2.10. The molecule has 0 amide bonds. The molecule has 13 rings (SSSR count). The average molecular weight is 895 g/mol.